The first-order chi connectivity index (χ1) is 12.1. The lowest BCUT2D eigenvalue weighted by atomic mass is 10.0. The minimum Gasteiger partial charge on any atom is -0.345 e. The van der Waals surface area contributed by atoms with Crippen LogP contribution in [0.5, 0.6) is 0 Å². The van der Waals surface area contributed by atoms with E-state index in [1.807, 2.05) is 54.9 Å². The van der Waals surface area contributed by atoms with E-state index in [0.29, 0.717) is 17.1 Å². The molecule has 0 radical (unpaired) electrons. The summed E-state index contributed by atoms with van der Waals surface area (Å²) >= 11 is 0. The minimum absolute atomic E-state index is 0.100. The topological polar surface area (TPSA) is 72.7 Å². The summed E-state index contributed by atoms with van der Waals surface area (Å²) in [5.41, 5.74) is 2.27. The molecule has 0 aliphatic heterocycles. The van der Waals surface area contributed by atoms with Gasteiger partial charge in [-0.25, -0.2) is 15.0 Å². The van der Waals surface area contributed by atoms with Gasteiger partial charge in [0.2, 0.25) is 0 Å². The highest BCUT2D eigenvalue weighted by Gasteiger charge is 2.18. The average Bonchev–Trinajstić information content (AvgIpc) is 3.12. The van der Waals surface area contributed by atoms with Crippen molar-refractivity contribution in [1.82, 2.24) is 24.8 Å². The van der Waals surface area contributed by atoms with Crippen LogP contribution in [0.25, 0.3) is 0 Å². The van der Waals surface area contributed by atoms with Gasteiger partial charge in [0.25, 0.3) is 5.91 Å². The van der Waals surface area contributed by atoms with Crippen LogP contribution in [0.4, 0.5) is 0 Å². The zero-order valence-electron chi connectivity index (χ0n) is 14.4. The van der Waals surface area contributed by atoms with E-state index < -0.39 is 0 Å². The summed E-state index contributed by atoms with van der Waals surface area (Å²) in [5, 5.41) is 3.12. The van der Waals surface area contributed by atoms with E-state index >= 15 is 0 Å². The van der Waals surface area contributed by atoms with E-state index in [4.69, 9.17) is 0 Å². The monoisotopic (exact) mass is 335 g/mol. The van der Waals surface area contributed by atoms with Gasteiger partial charge in [0.05, 0.1) is 23.6 Å². The van der Waals surface area contributed by atoms with Crippen molar-refractivity contribution in [2.75, 3.05) is 0 Å². The molecule has 6 heteroatoms. The van der Waals surface area contributed by atoms with Gasteiger partial charge < -0.3 is 9.88 Å². The average molecular weight is 335 g/mol. The third-order valence-electron chi connectivity index (χ3n) is 4.09. The maximum Gasteiger partial charge on any atom is 0.255 e. The van der Waals surface area contributed by atoms with Gasteiger partial charge in [-0.15, -0.1) is 0 Å². The van der Waals surface area contributed by atoms with Gasteiger partial charge in [-0.1, -0.05) is 30.3 Å². The number of aryl methyl sites for hydroxylation is 3. The predicted molar refractivity (Wildman–Crippen MR) is 95.0 cm³/mol. The number of hydrogen-bond donors (Lipinski definition) is 1. The van der Waals surface area contributed by atoms with Crippen molar-refractivity contribution in [2.24, 2.45) is 0 Å². The first-order valence-corrected chi connectivity index (χ1v) is 8.25. The number of benzene rings is 1. The highest BCUT2D eigenvalue weighted by atomic mass is 16.1. The van der Waals surface area contributed by atoms with Crippen molar-refractivity contribution < 1.29 is 4.79 Å². The van der Waals surface area contributed by atoms with Crippen LogP contribution in [0.1, 0.15) is 39.9 Å². The van der Waals surface area contributed by atoms with Gasteiger partial charge in [0, 0.05) is 25.1 Å². The molecule has 3 aromatic rings. The summed E-state index contributed by atoms with van der Waals surface area (Å²) in [5.74, 6) is 0.505. The first-order valence-electron chi connectivity index (χ1n) is 8.25. The van der Waals surface area contributed by atoms with Crippen LogP contribution in [-0.2, 0) is 6.54 Å². The molecule has 1 aromatic carbocycles. The van der Waals surface area contributed by atoms with Crippen molar-refractivity contribution >= 4 is 5.91 Å². The summed E-state index contributed by atoms with van der Waals surface area (Å²) in [6.45, 7) is 4.41. The highest BCUT2D eigenvalue weighted by Crippen LogP contribution is 2.18. The molecule has 3 rings (SSSR count). The lowest BCUT2D eigenvalue weighted by molar-refractivity contribution is 0.0932. The number of nitrogens with zero attached hydrogens (tertiary/aromatic N) is 4. The van der Waals surface area contributed by atoms with Crippen LogP contribution in [0, 0.1) is 13.8 Å². The molecule has 0 aliphatic rings. The summed E-state index contributed by atoms with van der Waals surface area (Å²) in [6, 6.07) is 9.87. The van der Waals surface area contributed by atoms with Crippen molar-refractivity contribution in [2.45, 2.75) is 32.9 Å². The van der Waals surface area contributed by atoms with Crippen LogP contribution in [0.2, 0.25) is 0 Å². The predicted octanol–water partition coefficient (Wildman–Crippen LogP) is 2.85. The number of aromatic nitrogens is 4. The zero-order chi connectivity index (χ0) is 17.6. The molecule has 0 unspecified atom stereocenters. The van der Waals surface area contributed by atoms with Crippen molar-refractivity contribution in [3.63, 3.8) is 0 Å². The number of amides is 1. The van der Waals surface area contributed by atoms with E-state index in [9.17, 15) is 4.79 Å². The van der Waals surface area contributed by atoms with Crippen molar-refractivity contribution in [3.05, 3.63) is 77.9 Å². The third-order valence-corrected chi connectivity index (χ3v) is 4.09. The third kappa shape index (κ3) is 4.29. The summed E-state index contributed by atoms with van der Waals surface area (Å²) in [7, 11) is 0. The van der Waals surface area contributed by atoms with E-state index in [1.54, 1.807) is 18.7 Å². The molecular weight excluding hydrogens is 314 g/mol. The molecular formula is C19H21N5O. The highest BCUT2D eigenvalue weighted by molar-refractivity contribution is 5.95. The van der Waals surface area contributed by atoms with E-state index in [2.05, 4.69) is 20.3 Å². The molecule has 1 atom stereocenters. The van der Waals surface area contributed by atoms with Crippen LogP contribution >= 0.6 is 0 Å². The Morgan fingerprint density at radius 2 is 2.04 bits per heavy atom. The van der Waals surface area contributed by atoms with Gasteiger partial charge in [0.15, 0.2) is 0 Å². The molecule has 25 heavy (non-hydrogen) atoms. The second kappa shape index (κ2) is 7.70. The molecule has 0 saturated carbocycles. The Morgan fingerprint density at radius 1 is 1.24 bits per heavy atom. The fraction of sp³-hybridized carbons (Fsp3) is 0.263. The summed E-state index contributed by atoms with van der Waals surface area (Å²) in [4.78, 5) is 25.2. The van der Waals surface area contributed by atoms with Crippen LogP contribution in [-0.4, -0.2) is 25.4 Å². The lowest BCUT2D eigenvalue weighted by Gasteiger charge is -2.20. The molecule has 0 fully saturated rings. The molecule has 0 bridgehead atoms. The largest absolute Gasteiger partial charge is 0.345 e. The van der Waals surface area contributed by atoms with Gasteiger partial charge in [-0.2, -0.15) is 0 Å². The number of carbonyl (C=O) groups excluding carboxylic acids is 1. The Labute approximate surface area is 147 Å². The summed E-state index contributed by atoms with van der Waals surface area (Å²) in [6.07, 6.45) is 7.80. The maximum atomic E-state index is 12.7. The lowest BCUT2D eigenvalue weighted by Crippen LogP contribution is -2.30. The minimum atomic E-state index is -0.156. The molecule has 6 nitrogen and oxygen atoms in total. The second-order valence-corrected chi connectivity index (χ2v) is 5.94. The molecule has 2 aromatic heterocycles. The first kappa shape index (κ1) is 16.8. The SMILES string of the molecule is Cc1ncc(C(=O)N[C@H](CCn2ccnc2)c2ccccc2)c(C)n1. The summed E-state index contributed by atoms with van der Waals surface area (Å²) < 4.78 is 2.00. The van der Waals surface area contributed by atoms with Crippen LogP contribution in [0.15, 0.2) is 55.2 Å². The molecule has 128 valence electrons. The Bertz CT molecular complexity index is 830. The van der Waals surface area contributed by atoms with Crippen LogP contribution < -0.4 is 5.32 Å². The number of nitrogens with one attached hydrogen (secondary N) is 1. The molecule has 0 saturated heterocycles. The molecule has 2 heterocycles. The fourth-order valence-corrected chi connectivity index (χ4v) is 2.75. The maximum absolute atomic E-state index is 12.7. The number of carbonyl (C=O) groups is 1. The normalized spacial score (nSPS) is 11.9. The number of imidazole rings is 1. The van der Waals surface area contributed by atoms with E-state index in [1.165, 1.54) is 0 Å². The van der Waals surface area contributed by atoms with Gasteiger partial charge in [-0.3, -0.25) is 4.79 Å². The standard InChI is InChI=1S/C19H21N5O/c1-14-17(12-21-15(2)22-14)19(25)23-18(16-6-4-3-5-7-16)8-10-24-11-9-20-13-24/h3-7,9,11-13,18H,8,10H2,1-2H3,(H,23,25)/t18-/m1/s1. The van der Waals surface area contributed by atoms with Gasteiger partial charge >= 0.3 is 0 Å². The number of rotatable bonds is 6. The Balaban J connectivity index is 1.77. The smallest absolute Gasteiger partial charge is 0.255 e. The second-order valence-electron chi connectivity index (χ2n) is 5.94. The van der Waals surface area contributed by atoms with Crippen molar-refractivity contribution in [3.8, 4) is 0 Å². The Kier molecular flexibility index (Phi) is 5.18. The zero-order valence-corrected chi connectivity index (χ0v) is 14.4. The quantitative estimate of drug-likeness (QED) is 0.752. The Morgan fingerprint density at radius 3 is 2.72 bits per heavy atom. The number of hydrogen-bond acceptors (Lipinski definition) is 4. The fourth-order valence-electron chi connectivity index (χ4n) is 2.75. The molecule has 0 aliphatic carbocycles. The molecule has 0 spiro atoms. The van der Waals surface area contributed by atoms with E-state index in [0.717, 1.165) is 18.5 Å². The van der Waals surface area contributed by atoms with Gasteiger partial charge in [-0.05, 0) is 25.8 Å². The van der Waals surface area contributed by atoms with E-state index in [-0.39, 0.29) is 11.9 Å². The van der Waals surface area contributed by atoms with Gasteiger partial charge in [0.1, 0.15) is 5.82 Å². The Hall–Kier alpha value is -3.02. The van der Waals surface area contributed by atoms with Crippen molar-refractivity contribution in [1.29, 1.82) is 0 Å². The van der Waals surface area contributed by atoms with Crippen LogP contribution in [0.3, 0.4) is 0 Å². The molecule has 1 amide bonds. The molecule has 1 N–H and O–H groups in total.